The SMILES string of the molecule is O=C(C[C@H]1CC[C@H]2[C@@H](COC[C@H](O)CN2C(=O)Nc2ccc(Cl)c(Cl)c2)O1)NCc1ccccc1. The van der Waals surface area contributed by atoms with Gasteiger partial charge in [-0.25, -0.2) is 4.79 Å². The van der Waals surface area contributed by atoms with Crippen molar-refractivity contribution in [3.8, 4) is 0 Å². The maximum atomic E-state index is 13.2. The Bertz CT molecular complexity index is 1030. The Morgan fingerprint density at radius 2 is 1.86 bits per heavy atom. The van der Waals surface area contributed by atoms with Gasteiger partial charge in [-0.1, -0.05) is 53.5 Å². The summed E-state index contributed by atoms with van der Waals surface area (Å²) in [4.78, 5) is 27.3. The number of urea groups is 1. The van der Waals surface area contributed by atoms with Crippen molar-refractivity contribution in [3.63, 3.8) is 0 Å². The summed E-state index contributed by atoms with van der Waals surface area (Å²) in [7, 11) is 0. The fourth-order valence-corrected chi connectivity index (χ4v) is 4.72. The Kier molecular flexibility index (Phi) is 8.86. The van der Waals surface area contributed by atoms with Crippen LogP contribution in [0.15, 0.2) is 48.5 Å². The van der Waals surface area contributed by atoms with Gasteiger partial charge in [0, 0.05) is 12.2 Å². The van der Waals surface area contributed by atoms with Crippen molar-refractivity contribution in [1.82, 2.24) is 10.2 Å². The normalized spacial score (nSPS) is 24.6. The minimum Gasteiger partial charge on any atom is -0.389 e. The number of carbonyl (C=O) groups is 2. The van der Waals surface area contributed by atoms with Crippen molar-refractivity contribution < 1.29 is 24.2 Å². The van der Waals surface area contributed by atoms with Crippen molar-refractivity contribution in [2.75, 3.05) is 25.1 Å². The highest BCUT2D eigenvalue weighted by Gasteiger charge is 2.40. The van der Waals surface area contributed by atoms with Crippen LogP contribution in [0.25, 0.3) is 0 Å². The highest BCUT2D eigenvalue weighted by atomic mass is 35.5. The number of hydrogen-bond acceptors (Lipinski definition) is 5. The second-order valence-corrected chi connectivity index (χ2v) is 9.62. The van der Waals surface area contributed by atoms with Gasteiger partial charge < -0.3 is 30.1 Å². The van der Waals surface area contributed by atoms with Gasteiger partial charge in [-0.3, -0.25) is 4.79 Å². The number of β-amino-alcohol motifs (C(OH)–C–C–N with tert-alkyl or cyclic N) is 1. The lowest BCUT2D eigenvalue weighted by molar-refractivity contribution is -0.149. The Morgan fingerprint density at radius 1 is 1.06 bits per heavy atom. The number of anilines is 1. The number of nitrogens with zero attached hydrogens (tertiary/aromatic N) is 1. The maximum Gasteiger partial charge on any atom is 0.322 e. The van der Waals surface area contributed by atoms with Crippen LogP contribution in [-0.4, -0.2) is 66.1 Å². The number of fused-ring (bicyclic) bond motifs is 1. The molecule has 2 aromatic rings. The smallest absolute Gasteiger partial charge is 0.322 e. The van der Waals surface area contributed by atoms with Gasteiger partial charge in [0.05, 0.1) is 54.5 Å². The third kappa shape index (κ3) is 7.08. The maximum absolute atomic E-state index is 13.2. The van der Waals surface area contributed by atoms with Crippen LogP contribution in [0.5, 0.6) is 0 Å². The van der Waals surface area contributed by atoms with E-state index in [1.165, 1.54) is 0 Å². The molecule has 3 amide bonds. The van der Waals surface area contributed by atoms with Crippen LogP contribution in [0.3, 0.4) is 0 Å². The van der Waals surface area contributed by atoms with Gasteiger partial charge in [-0.05, 0) is 36.6 Å². The van der Waals surface area contributed by atoms with Gasteiger partial charge in [0.1, 0.15) is 6.10 Å². The van der Waals surface area contributed by atoms with Gasteiger partial charge in [0.2, 0.25) is 5.91 Å². The summed E-state index contributed by atoms with van der Waals surface area (Å²) in [5.74, 6) is -0.0892. The number of aliphatic hydroxyl groups excluding tert-OH is 1. The fraction of sp³-hybridized carbons (Fsp3) is 0.440. The molecular formula is C25H29Cl2N3O5. The van der Waals surface area contributed by atoms with Gasteiger partial charge >= 0.3 is 6.03 Å². The number of ether oxygens (including phenoxy) is 2. The number of halogens is 2. The predicted molar refractivity (Wildman–Crippen MR) is 134 cm³/mol. The first kappa shape index (κ1) is 25.7. The minimum absolute atomic E-state index is 0.0887. The van der Waals surface area contributed by atoms with E-state index in [9.17, 15) is 14.7 Å². The van der Waals surface area contributed by atoms with Crippen LogP contribution < -0.4 is 10.6 Å². The highest BCUT2D eigenvalue weighted by molar-refractivity contribution is 6.42. The lowest BCUT2D eigenvalue weighted by Gasteiger charge is -2.44. The first-order valence-corrected chi connectivity index (χ1v) is 12.4. The van der Waals surface area contributed by atoms with E-state index < -0.39 is 12.2 Å². The summed E-state index contributed by atoms with van der Waals surface area (Å²) in [6.07, 6.45) is -0.0629. The molecule has 2 aliphatic rings. The molecule has 2 heterocycles. The second kappa shape index (κ2) is 12.1. The third-order valence-electron chi connectivity index (χ3n) is 6.16. The Balaban J connectivity index is 1.37. The van der Waals surface area contributed by atoms with E-state index in [0.717, 1.165) is 5.56 Å². The Labute approximate surface area is 214 Å². The molecule has 188 valence electrons. The molecule has 0 unspecified atom stereocenters. The molecule has 2 aromatic carbocycles. The molecule has 4 atom stereocenters. The zero-order chi connectivity index (χ0) is 24.8. The van der Waals surface area contributed by atoms with Crippen LogP contribution in [0.4, 0.5) is 10.5 Å². The Morgan fingerprint density at radius 3 is 2.63 bits per heavy atom. The zero-order valence-electron chi connectivity index (χ0n) is 19.2. The highest BCUT2D eigenvalue weighted by Crippen LogP contribution is 2.29. The molecule has 8 nitrogen and oxygen atoms in total. The Hall–Kier alpha value is -2.36. The molecule has 2 fully saturated rings. The molecule has 10 heteroatoms. The molecule has 2 aliphatic heterocycles. The zero-order valence-corrected chi connectivity index (χ0v) is 20.7. The first-order chi connectivity index (χ1) is 16.9. The lowest BCUT2D eigenvalue weighted by atomic mass is 9.95. The van der Waals surface area contributed by atoms with E-state index in [4.69, 9.17) is 32.7 Å². The van der Waals surface area contributed by atoms with Crippen molar-refractivity contribution in [1.29, 1.82) is 0 Å². The quantitative estimate of drug-likeness (QED) is 0.554. The summed E-state index contributed by atoms with van der Waals surface area (Å²) < 4.78 is 11.8. The number of hydrogen-bond donors (Lipinski definition) is 3. The molecule has 3 N–H and O–H groups in total. The van der Waals surface area contributed by atoms with Crippen LogP contribution >= 0.6 is 23.2 Å². The van der Waals surface area contributed by atoms with Gasteiger partial charge in [0.25, 0.3) is 0 Å². The number of rotatable bonds is 5. The van der Waals surface area contributed by atoms with E-state index in [-0.39, 0.29) is 50.3 Å². The molecule has 2 saturated heterocycles. The number of aliphatic hydroxyl groups is 1. The molecule has 0 aromatic heterocycles. The molecular weight excluding hydrogens is 493 g/mol. The van der Waals surface area contributed by atoms with E-state index in [1.54, 1.807) is 23.1 Å². The number of amides is 3. The van der Waals surface area contributed by atoms with E-state index >= 15 is 0 Å². The first-order valence-electron chi connectivity index (χ1n) is 11.6. The molecule has 0 bridgehead atoms. The average molecular weight is 522 g/mol. The monoisotopic (exact) mass is 521 g/mol. The van der Waals surface area contributed by atoms with Gasteiger partial charge in [-0.2, -0.15) is 0 Å². The molecule has 4 rings (SSSR count). The van der Waals surface area contributed by atoms with Gasteiger partial charge in [0.15, 0.2) is 0 Å². The number of benzene rings is 2. The number of nitrogens with one attached hydrogen (secondary N) is 2. The molecule has 0 aliphatic carbocycles. The van der Waals surface area contributed by atoms with Crippen molar-refractivity contribution >= 4 is 40.8 Å². The van der Waals surface area contributed by atoms with Crippen LogP contribution in [-0.2, 0) is 20.8 Å². The summed E-state index contributed by atoms with van der Waals surface area (Å²) in [6.45, 7) is 0.869. The molecule has 35 heavy (non-hydrogen) atoms. The fourth-order valence-electron chi connectivity index (χ4n) is 4.42. The van der Waals surface area contributed by atoms with E-state index in [1.807, 2.05) is 30.3 Å². The largest absolute Gasteiger partial charge is 0.389 e. The van der Waals surface area contributed by atoms with E-state index in [2.05, 4.69) is 10.6 Å². The summed E-state index contributed by atoms with van der Waals surface area (Å²) >= 11 is 12.0. The molecule has 0 radical (unpaired) electrons. The van der Waals surface area contributed by atoms with Crippen LogP contribution in [0.2, 0.25) is 10.0 Å². The number of carbonyl (C=O) groups excluding carboxylic acids is 2. The van der Waals surface area contributed by atoms with Crippen LogP contribution in [0.1, 0.15) is 24.8 Å². The third-order valence-corrected chi connectivity index (χ3v) is 6.90. The standard InChI is InChI=1S/C25H29Cl2N3O5/c26-20-8-6-17(10-21(20)27)29-25(33)30-13-18(31)14-34-15-23-22(30)9-7-19(35-23)11-24(32)28-12-16-4-2-1-3-5-16/h1-6,8,10,18-19,22-23,31H,7,9,11-15H2,(H,28,32)(H,29,33)/t18-,19-,22+,23-/m1/s1. The average Bonchev–Trinajstić information content (AvgIpc) is 2.83. The predicted octanol–water partition coefficient (Wildman–Crippen LogP) is 3.84. The summed E-state index contributed by atoms with van der Waals surface area (Å²) in [5, 5.41) is 16.8. The van der Waals surface area contributed by atoms with Crippen molar-refractivity contribution in [2.24, 2.45) is 0 Å². The lowest BCUT2D eigenvalue weighted by Crippen LogP contribution is -2.58. The second-order valence-electron chi connectivity index (χ2n) is 8.81. The van der Waals surface area contributed by atoms with Gasteiger partial charge in [-0.15, -0.1) is 0 Å². The topological polar surface area (TPSA) is 100 Å². The van der Waals surface area contributed by atoms with E-state index in [0.29, 0.717) is 35.1 Å². The van der Waals surface area contributed by atoms with Crippen molar-refractivity contribution in [3.05, 3.63) is 64.1 Å². The van der Waals surface area contributed by atoms with Crippen molar-refractivity contribution in [2.45, 2.75) is 50.2 Å². The summed E-state index contributed by atoms with van der Waals surface area (Å²) in [6, 6.07) is 13.9. The molecule has 0 spiro atoms. The summed E-state index contributed by atoms with van der Waals surface area (Å²) in [5.41, 5.74) is 1.53. The minimum atomic E-state index is -0.822. The molecule has 0 saturated carbocycles. The van der Waals surface area contributed by atoms with Crippen LogP contribution in [0, 0.1) is 0 Å².